The molecule has 5 nitrogen and oxygen atoms in total. The van der Waals surface area contributed by atoms with Gasteiger partial charge in [0.2, 0.25) is 0 Å². The van der Waals surface area contributed by atoms with Crippen molar-refractivity contribution in [1.29, 1.82) is 0 Å². The van der Waals surface area contributed by atoms with Crippen molar-refractivity contribution in [3.8, 4) is 0 Å². The van der Waals surface area contributed by atoms with Crippen LogP contribution in [0.5, 0.6) is 0 Å². The van der Waals surface area contributed by atoms with Crippen LogP contribution in [0.4, 0.5) is 0 Å². The molecular formula is C8H11N3O2. The molecule has 70 valence electrons. The molecule has 0 radical (unpaired) electrons. The van der Waals surface area contributed by atoms with Crippen molar-refractivity contribution in [1.82, 2.24) is 9.97 Å². The number of aryl methyl sites for hydroxylation is 1. The largest absolute Gasteiger partial charge is 0.480 e. The SMILES string of the molecule is Cc1ccnc(CC(N)C(=O)O)n1. The lowest BCUT2D eigenvalue weighted by molar-refractivity contribution is -0.138. The van der Waals surface area contributed by atoms with E-state index >= 15 is 0 Å². The van der Waals surface area contributed by atoms with Crippen LogP contribution in [0.2, 0.25) is 0 Å². The number of hydrogen-bond donors (Lipinski definition) is 2. The second kappa shape index (κ2) is 3.95. The highest BCUT2D eigenvalue weighted by molar-refractivity contribution is 5.73. The third kappa shape index (κ3) is 2.79. The fraction of sp³-hybridized carbons (Fsp3) is 0.375. The Morgan fingerprint density at radius 2 is 2.46 bits per heavy atom. The average molecular weight is 181 g/mol. The third-order valence-electron chi connectivity index (χ3n) is 1.56. The van der Waals surface area contributed by atoms with E-state index in [0.29, 0.717) is 5.82 Å². The Hall–Kier alpha value is -1.49. The number of rotatable bonds is 3. The Morgan fingerprint density at radius 3 is 3.00 bits per heavy atom. The predicted molar refractivity (Wildman–Crippen MR) is 46.1 cm³/mol. The molecule has 0 aliphatic heterocycles. The van der Waals surface area contributed by atoms with Gasteiger partial charge in [-0.2, -0.15) is 0 Å². The summed E-state index contributed by atoms with van der Waals surface area (Å²) in [7, 11) is 0. The molecule has 0 bridgehead atoms. The molecule has 0 aromatic carbocycles. The van der Waals surface area contributed by atoms with Crippen molar-refractivity contribution in [3.63, 3.8) is 0 Å². The van der Waals surface area contributed by atoms with E-state index in [0.717, 1.165) is 5.69 Å². The number of carbonyl (C=O) groups is 1. The highest BCUT2D eigenvalue weighted by atomic mass is 16.4. The van der Waals surface area contributed by atoms with Crippen LogP contribution in [-0.2, 0) is 11.2 Å². The molecule has 1 heterocycles. The van der Waals surface area contributed by atoms with Gasteiger partial charge in [-0.3, -0.25) is 4.79 Å². The summed E-state index contributed by atoms with van der Waals surface area (Å²) in [5, 5.41) is 8.53. The summed E-state index contributed by atoms with van der Waals surface area (Å²) in [4.78, 5) is 18.4. The standard InChI is InChI=1S/C8H11N3O2/c1-5-2-3-10-7(11-5)4-6(9)8(12)13/h2-3,6H,4,9H2,1H3,(H,12,13). The summed E-state index contributed by atoms with van der Waals surface area (Å²) >= 11 is 0. The zero-order valence-electron chi connectivity index (χ0n) is 7.27. The molecule has 0 aliphatic carbocycles. The van der Waals surface area contributed by atoms with Gasteiger partial charge in [-0.1, -0.05) is 0 Å². The van der Waals surface area contributed by atoms with E-state index in [9.17, 15) is 4.79 Å². The summed E-state index contributed by atoms with van der Waals surface area (Å²) in [5.74, 6) is -0.569. The number of carboxylic acid groups (broad SMARTS) is 1. The molecule has 1 rings (SSSR count). The van der Waals surface area contributed by atoms with E-state index in [1.165, 1.54) is 0 Å². The quantitative estimate of drug-likeness (QED) is 0.670. The summed E-state index contributed by atoms with van der Waals surface area (Å²) in [6.45, 7) is 1.82. The maximum Gasteiger partial charge on any atom is 0.320 e. The maximum atomic E-state index is 10.4. The minimum atomic E-state index is -1.04. The molecule has 0 amide bonds. The van der Waals surface area contributed by atoms with E-state index < -0.39 is 12.0 Å². The molecule has 13 heavy (non-hydrogen) atoms. The van der Waals surface area contributed by atoms with Gasteiger partial charge in [-0.05, 0) is 13.0 Å². The minimum absolute atomic E-state index is 0.164. The van der Waals surface area contributed by atoms with Gasteiger partial charge in [0.25, 0.3) is 0 Å². The first-order chi connectivity index (χ1) is 6.09. The molecule has 0 saturated heterocycles. The van der Waals surface area contributed by atoms with Crippen LogP contribution in [-0.4, -0.2) is 27.1 Å². The highest BCUT2D eigenvalue weighted by Gasteiger charge is 2.13. The summed E-state index contributed by atoms with van der Waals surface area (Å²) in [6, 6.07) is 0.817. The van der Waals surface area contributed by atoms with Crippen molar-refractivity contribution in [2.45, 2.75) is 19.4 Å². The molecule has 5 heteroatoms. The van der Waals surface area contributed by atoms with Crippen LogP contribution >= 0.6 is 0 Å². The normalized spacial score (nSPS) is 12.5. The molecule has 3 N–H and O–H groups in total. The molecule has 1 aromatic heterocycles. The Morgan fingerprint density at radius 1 is 1.77 bits per heavy atom. The zero-order chi connectivity index (χ0) is 9.84. The predicted octanol–water partition coefficient (Wildman–Crippen LogP) is -0.261. The Labute approximate surface area is 75.6 Å². The lowest BCUT2D eigenvalue weighted by atomic mass is 10.2. The van der Waals surface area contributed by atoms with Gasteiger partial charge in [-0.15, -0.1) is 0 Å². The van der Waals surface area contributed by atoms with Gasteiger partial charge in [0.1, 0.15) is 11.9 Å². The van der Waals surface area contributed by atoms with Crippen molar-refractivity contribution in [2.75, 3.05) is 0 Å². The first-order valence-electron chi connectivity index (χ1n) is 3.86. The van der Waals surface area contributed by atoms with Crippen LogP contribution in [0.25, 0.3) is 0 Å². The lowest BCUT2D eigenvalue weighted by Gasteiger charge is -2.04. The van der Waals surface area contributed by atoms with Crippen LogP contribution in [0.15, 0.2) is 12.3 Å². The molecule has 1 unspecified atom stereocenters. The van der Waals surface area contributed by atoms with E-state index in [1.807, 2.05) is 6.92 Å². The number of carboxylic acids is 1. The molecule has 1 aromatic rings. The molecular weight excluding hydrogens is 170 g/mol. The van der Waals surface area contributed by atoms with Gasteiger partial charge >= 0.3 is 5.97 Å². The fourth-order valence-electron chi connectivity index (χ4n) is 0.883. The molecule has 1 atom stereocenters. The molecule has 0 spiro atoms. The lowest BCUT2D eigenvalue weighted by Crippen LogP contribution is -2.32. The van der Waals surface area contributed by atoms with E-state index in [1.54, 1.807) is 12.3 Å². The van der Waals surface area contributed by atoms with Crippen molar-refractivity contribution < 1.29 is 9.90 Å². The monoisotopic (exact) mass is 181 g/mol. The fourth-order valence-corrected chi connectivity index (χ4v) is 0.883. The van der Waals surface area contributed by atoms with E-state index in [2.05, 4.69) is 9.97 Å². The van der Waals surface area contributed by atoms with Crippen LogP contribution in [0.3, 0.4) is 0 Å². The summed E-state index contributed by atoms with van der Waals surface area (Å²) < 4.78 is 0. The Bertz CT molecular complexity index is 314. The van der Waals surface area contributed by atoms with Gasteiger partial charge in [-0.25, -0.2) is 9.97 Å². The second-order valence-corrected chi connectivity index (χ2v) is 2.76. The molecule has 0 fully saturated rings. The topological polar surface area (TPSA) is 89.1 Å². The van der Waals surface area contributed by atoms with Gasteiger partial charge < -0.3 is 10.8 Å². The number of nitrogens with two attached hydrogens (primary N) is 1. The maximum absolute atomic E-state index is 10.4. The van der Waals surface area contributed by atoms with Crippen LogP contribution in [0.1, 0.15) is 11.5 Å². The number of nitrogens with zero attached hydrogens (tertiary/aromatic N) is 2. The van der Waals surface area contributed by atoms with Crippen LogP contribution in [0, 0.1) is 6.92 Å². The number of aromatic nitrogens is 2. The smallest absolute Gasteiger partial charge is 0.320 e. The summed E-state index contributed by atoms with van der Waals surface area (Å²) in [6.07, 6.45) is 1.75. The minimum Gasteiger partial charge on any atom is -0.480 e. The Balaban J connectivity index is 2.69. The van der Waals surface area contributed by atoms with Crippen molar-refractivity contribution in [3.05, 3.63) is 23.8 Å². The van der Waals surface area contributed by atoms with Gasteiger partial charge in [0.05, 0.1) is 0 Å². The van der Waals surface area contributed by atoms with Crippen LogP contribution < -0.4 is 5.73 Å². The zero-order valence-corrected chi connectivity index (χ0v) is 7.27. The van der Waals surface area contributed by atoms with Gasteiger partial charge in [0, 0.05) is 18.3 Å². The average Bonchev–Trinajstić information content (AvgIpc) is 2.04. The third-order valence-corrected chi connectivity index (χ3v) is 1.56. The number of aliphatic carboxylic acids is 1. The molecule has 0 aliphatic rings. The first-order valence-corrected chi connectivity index (χ1v) is 3.86. The highest BCUT2D eigenvalue weighted by Crippen LogP contribution is 1.96. The van der Waals surface area contributed by atoms with Gasteiger partial charge in [0.15, 0.2) is 0 Å². The van der Waals surface area contributed by atoms with E-state index in [4.69, 9.17) is 10.8 Å². The second-order valence-electron chi connectivity index (χ2n) is 2.76. The van der Waals surface area contributed by atoms with Crippen molar-refractivity contribution >= 4 is 5.97 Å². The van der Waals surface area contributed by atoms with E-state index in [-0.39, 0.29) is 6.42 Å². The van der Waals surface area contributed by atoms with Crippen molar-refractivity contribution in [2.24, 2.45) is 5.73 Å². The first kappa shape index (κ1) is 9.60. The summed E-state index contributed by atoms with van der Waals surface area (Å²) in [5.41, 5.74) is 6.13. The molecule has 0 saturated carbocycles. The Kier molecular flexibility index (Phi) is 2.92. The number of hydrogen-bond acceptors (Lipinski definition) is 4.